The van der Waals surface area contributed by atoms with E-state index in [4.69, 9.17) is 16.7 Å². The lowest BCUT2D eigenvalue weighted by Crippen LogP contribution is -2.30. The Morgan fingerprint density at radius 1 is 1.44 bits per heavy atom. The Kier molecular flexibility index (Phi) is 5.42. The van der Waals surface area contributed by atoms with Crippen LogP contribution in [-0.2, 0) is 0 Å². The van der Waals surface area contributed by atoms with Crippen molar-refractivity contribution < 1.29 is 14.7 Å². The minimum absolute atomic E-state index is 0.0294. The molecule has 3 N–H and O–H groups in total. The van der Waals surface area contributed by atoms with E-state index in [2.05, 4.69) is 17.2 Å². The summed E-state index contributed by atoms with van der Waals surface area (Å²) >= 11 is 7.49. The predicted molar refractivity (Wildman–Crippen MR) is 78.1 cm³/mol. The van der Waals surface area contributed by atoms with Crippen molar-refractivity contribution in [2.75, 3.05) is 11.9 Å². The van der Waals surface area contributed by atoms with Gasteiger partial charge in [-0.25, -0.2) is 9.59 Å². The molecule has 7 heteroatoms. The van der Waals surface area contributed by atoms with E-state index in [1.165, 1.54) is 12.1 Å². The number of amides is 2. The molecule has 96 valence electrons. The fraction of sp³-hybridized carbons (Fsp3) is 0.0909. The van der Waals surface area contributed by atoms with E-state index in [0.29, 0.717) is 0 Å². The normalized spacial score (nSPS) is 9.67. The van der Waals surface area contributed by atoms with Crippen LogP contribution in [0.5, 0.6) is 0 Å². The van der Waals surface area contributed by atoms with Crippen LogP contribution < -0.4 is 10.6 Å². The third-order valence-electron chi connectivity index (χ3n) is 1.90. The summed E-state index contributed by atoms with van der Waals surface area (Å²) in [5, 5.41) is 14.2. The van der Waals surface area contributed by atoms with Gasteiger partial charge in [-0.2, -0.15) is 0 Å². The molecule has 0 saturated carbocycles. The summed E-state index contributed by atoms with van der Waals surface area (Å²) in [6.45, 7) is 3.53. The number of urea groups is 1. The third-order valence-corrected chi connectivity index (χ3v) is 2.71. The molecule has 0 unspecified atom stereocenters. The van der Waals surface area contributed by atoms with Crippen molar-refractivity contribution in [2.24, 2.45) is 0 Å². The summed E-state index contributed by atoms with van der Waals surface area (Å²) < 4.78 is 0.769. The van der Waals surface area contributed by atoms with E-state index < -0.39 is 12.0 Å². The molecular weight excluding hydrogens is 370 g/mol. The molecular formula is C11H10ClIN2O3. The number of carbonyl (C=O) groups is 2. The molecule has 0 spiro atoms. The summed E-state index contributed by atoms with van der Waals surface area (Å²) in [5.74, 6) is -1.11. The van der Waals surface area contributed by atoms with E-state index in [-0.39, 0.29) is 22.8 Å². The number of carboxylic acids is 1. The Morgan fingerprint density at radius 3 is 2.67 bits per heavy atom. The number of benzene rings is 1. The molecule has 1 aromatic carbocycles. The largest absolute Gasteiger partial charge is 0.478 e. The number of carboxylic acid groups (broad SMARTS) is 1. The zero-order valence-corrected chi connectivity index (χ0v) is 12.1. The van der Waals surface area contributed by atoms with Crippen molar-refractivity contribution >= 4 is 51.9 Å². The minimum atomic E-state index is -1.11. The van der Waals surface area contributed by atoms with E-state index in [9.17, 15) is 9.59 Å². The van der Waals surface area contributed by atoms with Gasteiger partial charge in [0.05, 0.1) is 17.8 Å². The van der Waals surface area contributed by atoms with Gasteiger partial charge in [-0.15, -0.1) is 0 Å². The number of aromatic carboxylic acids is 1. The van der Waals surface area contributed by atoms with Crippen LogP contribution in [0.25, 0.3) is 0 Å². The molecule has 0 radical (unpaired) electrons. The molecule has 18 heavy (non-hydrogen) atoms. The van der Waals surface area contributed by atoms with E-state index in [1.54, 1.807) is 6.07 Å². The predicted octanol–water partition coefficient (Wildman–Crippen LogP) is 2.86. The Balaban J connectivity index is 2.81. The van der Waals surface area contributed by atoms with E-state index in [0.717, 1.165) is 3.57 Å². The van der Waals surface area contributed by atoms with Crippen molar-refractivity contribution in [3.63, 3.8) is 0 Å². The van der Waals surface area contributed by atoms with Gasteiger partial charge in [0, 0.05) is 8.60 Å². The van der Waals surface area contributed by atoms with Gasteiger partial charge in [0.15, 0.2) is 0 Å². The monoisotopic (exact) mass is 380 g/mol. The van der Waals surface area contributed by atoms with Crippen molar-refractivity contribution in [3.8, 4) is 0 Å². The number of anilines is 1. The molecule has 0 bridgehead atoms. The molecule has 0 heterocycles. The lowest BCUT2D eigenvalue weighted by molar-refractivity contribution is 0.0698. The molecule has 0 aliphatic heterocycles. The van der Waals surface area contributed by atoms with Crippen LogP contribution in [0.4, 0.5) is 10.5 Å². The lowest BCUT2D eigenvalue weighted by atomic mass is 10.2. The Bertz CT molecular complexity index is 505. The highest BCUT2D eigenvalue weighted by molar-refractivity contribution is 14.1. The van der Waals surface area contributed by atoms with Gasteiger partial charge in [0.1, 0.15) is 0 Å². The first kappa shape index (κ1) is 14.8. The number of hydrogen-bond acceptors (Lipinski definition) is 2. The number of halogens is 2. The molecule has 0 atom stereocenters. The van der Waals surface area contributed by atoms with Crippen molar-refractivity contribution in [1.29, 1.82) is 0 Å². The van der Waals surface area contributed by atoms with Gasteiger partial charge < -0.3 is 15.7 Å². The number of carbonyl (C=O) groups excluding carboxylic acids is 1. The fourth-order valence-electron chi connectivity index (χ4n) is 1.15. The van der Waals surface area contributed by atoms with Crippen LogP contribution in [0.2, 0.25) is 0 Å². The average Bonchev–Trinajstić information content (AvgIpc) is 2.28. The van der Waals surface area contributed by atoms with Crippen LogP contribution in [0.1, 0.15) is 10.4 Å². The Labute approximate surface area is 122 Å². The summed E-state index contributed by atoms with van der Waals surface area (Å²) in [4.78, 5) is 22.5. The maximum Gasteiger partial charge on any atom is 0.337 e. The third kappa shape index (κ3) is 4.53. The lowest BCUT2D eigenvalue weighted by Gasteiger charge is -2.09. The van der Waals surface area contributed by atoms with E-state index in [1.807, 2.05) is 22.6 Å². The molecule has 5 nitrogen and oxygen atoms in total. The van der Waals surface area contributed by atoms with Gasteiger partial charge in [-0.3, -0.25) is 0 Å². The van der Waals surface area contributed by atoms with Gasteiger partial charge in [0.25, 0.3) is 0 Å². The molecule has 0 aromatic heterocycles. The molecule has 2 amide bonds. The average molecular weight is 381 g/mol. The van der Waals surface area contributed by atoms with Crippen LogP contribution in [-0.4, -0.2) is 23.7 Å². The van der Waals surface area contributed by atoms with Crippen LogP contribution >= 0.6 is 34.2 Å². The summed E-state index contributed by atoms with van der Waals surface area (Å²) in [7, 11) is 0. The number of hydrogen-bond donors (Lipinski definition) is 3. The first-order valence-corrected chi connectivity index (χ1v) is 6.27. The maximum atomic E-state index is 11.5. The molecule has 0 saturated heterocycles. The van der Waals surface area contributed by atoms with Gasteiger partial charge in [-0.1, -0.05) is 18.2 Å². The van der Waals surface area contributed by atoms with E-state index >= 15 is 0 Å². The molecule has 1 rings (SSSR count). The van der Waals surface area contributed by atoms with Gasteiger partial charge in [0.2, 0.25) is 0 Å². The summed E-state index contributed by atoms with van der Waals surface area (Å²) in [6.07, 6.45) is 0. The van der Waals surface area contributed by atoms with Crippen LogP contribution in [0.3, 0.4) is 0 Å². The highest BCUT2D eigenvalue weighted by atomic mass is 127. The molecule has 0 aliphatic carbocycles. The van der Waals surface area contributed by atoms with Crippen LogP contribution in [0.15, 0.2) is 29.8 Å². The second-order valence-electron chi connectivity index (χ2n) is 3.32. The van der Waals surface area contributed by atoms with Gasteiger partial charge in [-0.05, 0) is 40.8 Å². The minimum Gasteiger partial charge on any atom is -0.478 e. The number of rotatable bonds is 4. The first-order valence-electron chi connectivity index (χ1n) is 4.81. The Hall–Kier alpha value is -1.28. The fourth-order valence-corrected chi connectivity index (χ4v) is 1.70. The van der Waals surface area contributed by atoms with Crippen molar-refractivity contribution in [1.82, 2.24) is 5.32 Å². The highest BCUT2D eigenvalue weighted by Gasteiger charge is 2.12. The topological polar surface area (TPSA) is 78.4 Å². The SMILES string of the molecule is C=C(Cl)CNC(=O)Nc1ccc(I)cc1C(=O)O. The standard InChI is InChI=1S/C11H10ClIN2O3/c1-6(12)5-14-11(18)15-9-3-2-7(13)4-8(9)10(16)17/h2-4H,1,5H2,(H,16,17)(H2,14,15,18). The molecule has 0 aliphatic rings. The quantitative estimate of drug-likeness (QED) is 0.703. The summed E-state index contributed by atoms with van der Waals surface area (Å²) in [5.41, 5.74) is 0.252. The second kappa shape index (κ2) is 6.60. The second-order valence-corrected chi connectivity index (χ2v) is 5.10. The maximum absolute atomic E-state index is 11.5. The highest BCUT2D eigenvalue weighted by Crippen LogP contribution is 2.18. The Morgan fingerprint density at radius 2 is 2.11 bits per heavy atom. The van der Waals surface area contributed by atoms with Crippen molar-refractivity contribution in [2.45, 2.75) is 0 Å². The molecule has 0 fully saturated rings. The number of nitrogens with one attached hydrogen (secondary N) is 2. The molecule has 1 aromatic rings. The smallest absolute Gasteiger partial charge is 0.337 e. The zero-order valence-electron chi connectivity index (χ0n) is 9.17. The zero-order chi connectivity index (χ0) is 13.7. The van der Waals surface area contributed by atoms with Crippen LogP contribution in [0, 0.1) is 3.57 Å². The van der Waals surface area contributed by atoms with Crippen molar-refractivity contribution in [3.05, 3.63) is 38.9 Å². The van der Waals surface area contributed by atoms with Gasteiger partial charge >= 0.3 is 12.0 Å². The first-order chi connectivity index (χ1) is 8.40. The summed E-state index contributed by atoms with van der Waals surface area (Å²) in [6, 6.07) is 4.16.